The largest absolute Gasteiger partial charge is 0.303 e. The van der Waals surface area contributed by atoms with Gasteiger partial charge in [0.1, 0.15) is 12.1 Å². The highest BCUT2D eigenvalue weighted by Crippen LogP contribution is 2.38. The predicted octanol–water partition coefficient (Wildman–Crippen LogP) is 2.51. The van der Waals surface area contributed by atoms with Crippen LogP contribution in [0.2, 0.25) is 0 Å². The van der Waals surface area contributed by atoms with Crippen LogP contribution in [0.5, 0.6) is 0 Å². The lowest BCUT2D eigenvalue weighted by Gasteiger charge is -2.31. The molecule has 0 bridgehead atoms. The number of hydrogen-bond acceptors (Lipinski definition) is 2. The number of Topliss-reactive ketones (excluding diaryl/α,β-unsaturated/α-hetero) is 1. The summed E-state index contributed by atoms with van der Waals surface area (Å²) in [5.74, 6) is 0.201. The van der Waals surface area contributed by atoms with Gasteiger partial charge in [-0.15, -0.1) is 0 Å². The Balaban J connectivity index is 2.47. The van der Waals surface area contributed by atoms with Gasteiger partial charge < -0.3 is 9.59 Å². The van der Waals surface area contributed by atoms with Crippen molar-refractivity contribution in [1.29, 1.82) is 0 Å². The molecule has 1 aliphatic carbocycles. The van der Waals surface area contributed by atoms with E-state index in [9.17, 15) is 9.59 Å². The van der Waals surface area contributed by atoms with Crippen LogP contribution >= 0.6 is 0 Å². The minimum Gasteiger partial charge on any atom is -0.303 e. The lowest BCUT2D eigenvalue weighted by Crippen LogP contribution is -2.26. The van der Waals surface area contributed by atoms with E-state index in [1.54, 1.807) is 6.92 Å². The second kappa shape index (κ2) is 4.54. The van der Waals surface area contributed by atoms with Crippen molar-refractivity contribution in [3.05, 3.63) is 0 Å². The van der Waals surface area contributed by atoms with E-state index in [1.165, 1.54) is 6.42 Å². The first-order valence-electron chi connectivity index (χ1n) is 5.14. The van der Waals surface area contributed by atoms with Gasteiger partial charge in [-0.1, -0.05) is 19.3 Å². The summed E-state index contributed by atoms with van der Waals surface area (Å²) in [6, 6.07) is 0. The van der Waals surface area contributed by atoms with Crippen molar-refractivity contribution in [3.63, 3.8) is 0 Å². The molecule has 13 heavy (non-hydrogen) atoms. The fraction of sp³-hybridized carbons (Fsp3) is 0.818. The summed E-state index contributed by atoms with van der Waals surface area (Å²) >= 11 is 0. The summed E-state index contributed by atoms with van der Waals surface area (Å²) in [5, 5.41) is 0. The average Bonchev–Trinajstić information content (AvgIpc) is 2.16. The monoisotopic (exact) mass is 182 g/mol. The maximum absolute atomic E-state index is 11.0. The van der Waals surface area contributed by atoms with Crippen molar-refractivity contribution in [2.45, 2.75) is 51.9 Å². The maximum Gasteiger partial charge on any atom is 0.129 e. The lowest BCUT2D eigenvalue weighted by atomic mass is 9.72. The zero-order valence-corrected chi connectivity index (χ0v) is 8.34. The van der Waals surface area contributed by atoms with E-state index in [4.69, 9.17) is 0 Å². The van der Waals surface area contributed by atoms with Crippen molar-refractivity contribution >= 4 is 12.1 Å². The number of ketones is 1. The van der Waals surface area contributed by atoms with Gasteiger partial charge in [0.2, 0.25) is 0 Å². The second-order valence-electron chi connectivity index (χ2n) is 4.24. The summed E-state index contributed by atoms with van der Waals surface area (Å²) in [6.45, 7) is 1.60. The minimum atomic E-state index is -0.149. The average molecular weight is 182 g/mol. The SMILES string of the molecule is CC(=O)CCC1(C=O)CCCCC1. The van der Waals surface area contributed by atoms with Gasteiger partial charge in [-0.05, 0) is 26.2 Å². The van der Waals surface area contributed by atoms with Gasteiger partial charge in [0, 0.05) is 11.8 Å². The second-order valence-corrected chi connectivity index (χ2v) is 4.24. The molecule has 1 fully saturated rings. The molecule has 0 heterocycles. The normalized spacial score (nSPS) is 21.0. The molecular formula is C11H18O2. The van der Waals surface area contributed by atoms with Crippen LogP contribution in [0.1, 0.15) is 51.9 Å². The van der Waals surface area contributed by atoms with Crippen molar-refractivity contribution in [2.24, 2.45) is 5.41 Å². The molecule has 0 unspecified atom stereocenters. The summed E-state index contributed by atoms with van der Waals surface area (Å²) in [5.41, 5.74) is -0.149. The topological polar surface area (TPSA) is 34.1 Å². The molecule has 0 atom stereocenters. The molecule has 74 valence electrons. The smallest absolute Gasteiger partial charge is 0.129 e. The Labute approximate surface area is 79.7 Å². The number of hydrogen-bond donors (Lipinski definition) is 0. The van der Waals surface area contributed by atoms with Gasteiger partial charge in [0.25, 0.3) is 0 Å². The third-order valence-electron chi connectivity index (χ3n) is 3.07. The quantitative estimate of drug-likeness (QED) is 0.626. The van der Waals surface area contributed by atoms with Crippen LogP contribution in [0.3, 0.4) is 0 Å². The minimum absolute atomic E-state index is 0.149. The number of rotatable bonds is 4. The first kappa shape index (κ1) is 10.4. The molecule has 0 aliphatic heterocycles. The van der Waals surface area contributed by atoms with Crippen molar-refractivity contribution in [2.75, 3.05) is 0 Å². The third-order valence-corrected chi connectivity index (χ3v) is 3.07. The van der Waals surface area contributed by atoms with Gasteiger partial charge in [0.15, 0.2) is 0 Å². The molecule has 1 aliphatic rings. The first-order valence-corrected chi connectivity index (χ1v) is 5.14. The van der Waals surface area contributed by atoms with E-state index >= 15 is 0 Å². The molecule has 0 amide bonds. The van der Waals surface area contributed by atoms with Crippen LogP contribution in [0.25, 0.3) is 0 Å². The zero-order chi connectivity index (χ0) is 9.73. The molecule has 0 saturated heterocycles. The highest BCUT2D eigenvalue weighted by molar-refractivity contribution is 5.76. The molecule has 2 nitrogen and oxygen atoms in total. The Hall–Kier alpha value is -0.660. The van der Waals surface area contributed by atoms with E-state index in [0.717, 1.165) is 38.4 Å². The van der Waals surface area contributed by atoms with Crippen molar-refractivity contribution in [3.8, 4) is 0 Å². The van der Waals surface area contributed by atoms with Crippen LogP contribution in [-0.2, 0) is 9.59 Å². The van der Waals surface area contributed by atoms with Crippen LogP contribution in [0.4, 0.5) is 0 Å². The van der Waals surface area contributed by atoms with Gasteiger partial charge in [-0.3, -0.25) is 0 Å². The molecule has 2 heteroatoms. The van der Waals surface area contributed by atoms with E-state index in [0.29, 0.717) is 6.42 Å². The fourth-order valence-corrected chi connectivity index (χ4v) is 2.11. The fourth-order valence-electron chi connectivity index (χ4n) is 2.11. The molecular weight excluding hydrogens is 164 g/mol. The summed E-state index contributed by atoms with van der Waals surface area (Å²) < 4.78 is 0. The Morgan fingerprint density at radius 1 is 1.31 bits per heavy atom. The number of carbonyl (C=O) groups excluding carboxylic acids is 2. The molecule has 1 saturated carbocycles. The Kier molecular flexibility index (Phi) is 3.64. The van der Waals surface area contributed by atoms with Crippen LogP contribution in [0, 0.1) is 5.41 Å². The van der Waals surface area contributed by atoms with E-state index in [2.05, 4.69) is 0 Å². The van der Waals surface area contributed by atoms with Crippen LogP contribution < -0.4 is 0 Å². The van der Waals surface area contributed by atoms with Crippen LogP contribution in [0.15, 0.2) is 0 Å². The number of carbonyl (C=O) groups is 2. The van der Waals surface area contributed by atoms with E-state index in [-0.39, 0.29) is 11.2 Å². The van der Waals surface area contributed by atoms with Gasteiger partial charge in [-0.2, -0.15) is 0 Å². The summed E-state index contributed by atoms with van der Waals surface area (Å²) in [6.07, 6.45) is 7.95. The van der Waals surface area contributed by atoms with E-state index < -0.39 is 0 Å². The van der Waals surface area contributed by atoms with Gasteiger partial charge >= 0.3 is 0 Å². The Morgan fingerprint density at radius 3 is 2.38 bits per heavy atom. The molecule has 1 rings (SSSR count). The first-order chi connectivity index (χ1) is 6.18. The predicted molar refractivity (Wildman–Crippen MR) is 51.5 cm³/mol. The van der Waals surface area contributed by atoms with Crippen molar-refractivity contribution in [1.82, 2.24) is 0 Å². The highest BCUT2D eigenvalue weighted by atomic mass is 16.1. The third kappa shape index (κ3) is 2.94. The lowest BCUT2D eigenvalue weighted by molar-refractivity contribution is -0.120. The van der Waals surface area contributed by atoms with E-state index in [1.807, 2.05) is 0 Å². The molecule has 0 radical (unpaired) electrons. The standard InChI is InChI=1S/C11H18O2/c1-10(13)5-8-11(9-12)6-3-2-4-7-11/h9H,2-8H2,1H3. The molecule has 0 aromatic heterocycles. The maximum atomic E-state index is 11.0. The zero-order valence-electron chi connectivity index (χ0n) is 8.34. The van der Waals surface area contributed by atoms with Crippen LogP contribution in [-0.4, -0.2) is 12.1 Å². The van der Waals surface area contributed by atoms with Crippen molar-refractivity contribution < 1.29 is 9.59 Å². The summed E-state index contributed by atoms with van der Waals surface area (Å²) in [7, 11) is 0. The molecule has 0 aromatic carbocycles. The molecule has 0 aromatic rings. The molecule has 0 spiro atoms. The Bertz CT molecular complexity index is 190. The van der Waals surface area contributed by atoms with Gasteiger partial charge in [-0.25, -0.2) is 0 Å². The van der Waals surface area contributed by atoms with Gasteiger partial charge in [0.05, 0.1) is 0 Å². The number of aldehydes is 1. The Morgan fingerprint density at radius 2 is 1.92 bits per heavy atom. The molecule has 0 N–H and O–H groups in total. The highest BCUT2D eigenvalue weighted by Gasteiger charge is 2.31. The summed E-state index contributed by atoms with van der Waals surface area (Å²) in [4.78, 5) is 21.8.